The molecule has 1 fully saturated rings. The SMILES string of the molecule is CCOC(=O)C1(Nc2cccc(C)c2)COC1. The van der Waals surface area contributed by atoms with E-state index in [9.17, 15) is 4.79 Å². The highest BCUT2D eigenvalue weighted by Crippen LogP contribution is 2.25. The first kappa shape index (κ1) is 11.9. The Kier molecular flexibility index (Phi) is 3.33. The molecular weight excluding hydrogens is 218 g/mol. The number of esters is 1. The molecule has 0 bridgehead atoms. The van der Waals surface area contributed by atoms with Gasteiger partial charge in [0.15, 0.2) is 5.54 Å². The molecular formula is C13H17NO3. The summed E-state index contributed by atoms with van der Waals surface area (Å²) in [5, 5.41) is 3.22. The highest BCUT2D eigenvalue weighted by atomic mass is 16.6. The fourth-order valence-electron chi connectivity index (χ4n) is 1.82. The van der Waals surface area contributed by atoms with Crippen molar-refractivity contribution in [1.82, 2.24) is 0 Å². The minimum Gasteiger partial charge on any atom is -0.464 e. The Morgan fingerprint density at radius 2 is 2.29 bits per heavy atom. The zero-order chi connectivity index (χ0) is 12.3. The van der Waals surface area contributed by atoms with Crippen LogP contribution in [0.25, 0.3) is 0 Å². The van der Waals surface area contributed by atoms with Crippen molar-refractivity contribution in [3.63, 3.8) is 0 Å². The number of ether oxygens (including phenoxy) is 2. The van der Waals surface area contributed by atoms with Crippen LogP contribution in [0.4, 0.5) is 5.69 Å². The summed E-state index contributed by atoms with van der Waals surface area (Å²) < 4.78 is 10.2. The van der Waals surface area contributed by atoms with Crippen LogP contribution in [-0.2, 0) is 14.3 Å². The second-order valence-electron chi connectivity index (χ2n) is 4.29. The molecule has 1 aliphatic heterocycles. The summed E-state index contributed by atoms with van der Waals surface area (Å²) in [5.74, 6) is -0.243. The number of carbonyl (C=O) groups excluding carboxylic acids is 1. The van der Waals surface area contributed by atoms with Gasteiger partial charge in [-0.05, 0) is 31.5 Å². The molecule has 17 heavy (non-hydrogen) atoms. The van der Waals surface area contributed by atoms with E-state index in [2.05, 4.69) is 5.32 Å². The van der Waals surface area contributed by atoms with E-state index in [1.54, 1.807) is 6.92 Å². The number of hydrogen-bond donors (Lipinski definition) is 1. The predicted molar refractivity (Wildman–Crippen MR) is 65.0 cm³/mol. The van der Waals surface area contributed by atoms with Crippen LogP contribution < -0.4 is 5.32 Å². The summed E-state index contributed by atoms with van der Waals surface area (Å²) in [6.45, 7) is 4.92. The Balaban J connectivity index is 2.12. The number of carbonyl (C=O) groups is 1. The highest BCUT2D eigenvalue weighted by molar-refractivity contribution is 5.86. The molecule has 1 saturated heterocycles. The molecule has 0 unspecified atom stereocenters. The smallest absolute Gasteiger partial charge is 0.336 e. The van der Waals surface area contributed by atoms with Gasteiger partial charge in [0.1, 0.15) is 0 Å². The Morgan fingerprint density at radius 3 is 2.82 bits per heavy atom. The molecule has 1 heterocycles. The summed E-state index contributed by atoms with van der Waals surface area (Å²) in [4.78, 5) is 11.9. The van der Waals surface area contributed by atoms with Crippen molar-refractivity contribution in [3.05, 3.63) is 29.8 Å². The van der Waals surface area contributed by atoms with Gasteiger partial charge < -0.3 is 14.8 Å². The van der Waals surface area contributed by atoms with Gasteiger partial charge in [-0.3, -0.25) is 0 Å². The zero-order valence-corrected chi connectivity index (χ0v) is 10.2. The maximum Gasteiger partial charge on any atom is 0.336 e. The Hall–Kier alpha value is -1.55. The van der Waals surface area contributed by atoms with Crippen molar-refractivity contribution in [2.45, 2.75) is 19.4 Å². The van der Waals surface area contributed by atoms with Gasteiger partial charge in [-0.1, -0.05) is 12.1 Å². The van der Waals surface area contributed by atoms with Crippen molar-refractivity contribution in [2.75, 3.05) is 25.1 Å². The van der Waals surface area contributed by atoms with Gasteiger partial charge in [-0.2, -0.15) is 0 Å². The molecule has 0 atom stereocenters. The summed E-state index contributed by atoms with van der Waals surface area (Å²) in [5.41, 5.74) is 1.36. The summed E-state index contributed by atoms with van der Waals surface area (Å²) in [6.07, 6.45) is 0. The topological polar surface area (TPSA) is 47.6 Å². The van der Waals surface area contributed by atoms with Gasteiger partial charge in [0, 0.05) is 5.69 Å². The first-order valence-corrected chi connectivity index (χ1v) is 5.76. The third-order valence-corrected chi connectivity index (χ3v) is 2.76. The van der Waals surface area contributed by atoms with Gasteiger partial charge in [0.05, 0.1) is 19.8 Å². The average Bonchev–Trinajstić information content (AvgIpc) is 2.24. The van der Waals surface area contributed by atoms with Crippen molar-refractivity contribution in [3.8, 4) is 0 Å². The molecule has 4 heteroatoms. The number of hydrogen-bond acceptors (Lipinski definition) is 4. The lowest BCUT2D eigenvalue weighted by Crippen LogP contribution is -2.62. The van der Waals surface area contributed by atoms with E-state index in [0.717, 1.165) is 11.3 Å². The van der Waals surface area contributed by atoms with Crippen LogP contribution >= 0.6 is 0 Å². The standard InChI is InChI=1S/C13H17NO3/c1-3-17-12(15)13(8-16-9-13)14-11-6-4-5-10(2)7-11/h4-7,14H,3,8-9H2,1-2H3. The van der Waals surface area contributed by atoms with Crippen LogP contribution in [0, 0.1) is 6.92 Å². The fourth-order valence-corrected chi connectivity index (χ4v) is 1.82. The van der Waals surface area contributed by atoms with Crippen molar-refractivity contribution < 1.29 is 14.3 Å². The van der Waals surface area contributed by atoms with Crippen molar-refractivity contribution in [1.29, 1.82) is 0 Å². The molecule has 1 aromatic rings. The van der Waals surface area contributed by atoms with Crippen LogP contribution in [0.5, 0.6) is 0 Å². The van der Waals surface area contributed by atoms with Gasteiger partial charge in [0.25, 0.3) is 0 Å². The van der Waals surface area contributed by atoms with Crippen LogP contribution in [0.3, 0.4) is 0 Å². The molecule has 0 radical (unpaired) electrons. The number of nitrogens with one attached hydrogen (secondary N) is 1. The fraction of sp³-hybridized carbons (Fsp3) is 0.462. The van der Waals surface area contributed by atoms with Crippen LogP contribution in [-0.4, -0.2) is 31.3 Å². The molecule has 0 aliphatic carbocycles. The van der Waals surface area contributed by atoms with Crippen molar-refractivity contribution in [2.24, 2.45) is 0 Å². The molecule has 92 valence electrons. The summed E-state index contributed by atoms with van der Waals surface area (Å²) >= 11 is 0. The second kappa shape index (κ2) is 4.75. The molecule has 1 aromatic carbocycles. The zero-order valence-electron chi connectivity index (χ0n) is 10.2. The third kappa shape index (κ3) is 2.42. The van der Waals surface area contributed by atoms with E-state index >= 15 is 0 Å². The van der Waals surface area contributed by atoms with Gasteiger partial charge in [-0.15, -0.1) is 0 Å². The lowest BCUT2D eigenvalue weighted by Gasteiger charge is -2.40. The van der Waals surface area contributed by atoms with E-state index in [1.807, 2.05) is 31.2 Å². The molecule has 0 spiro atoms. The van der Waals surface area contributed by atoms with Gasteiger partial charge >= 0.3 is 5.97 Å². The summed E-state index contributed by atoms with van der Waals surface area (Å²) in [7, 11) is 0. The first-order chi connectivity index (χ1) is 8.16. The monoisotopic (exact) mass is 235 g/mol. The lowest BCUT2D eigenvalue weighted by atomic mass is 9.97. The first-order valence-electron chi connectivity index (χ1n) is 5.76. The number of aryl methyl sites for hydroxylation is 1. The molecule has 0 saturated carbocycles. The van der Waals surface area contributed by atoms with Crippen LogP contribution in [0.2, 0.25) is 0 Å². The van der Waals surface area contributed by atoms with Crippen molar-refractivity contribution >= 4 is 11.7 Å². The lowest BCUT2D eigenvalue weighted by molar-refractivity contribution is -0.164. The van der Waals surface area contributed by atoms with E-state index in [4.69, 9.17) is 9.47 Å². The minimum atomic E-state index is -0.705. The average molecular weight is 235 g/mol. The largest absolute Gasteiger partial charge is 0.464 e. The van der Waals surface area contributed by atoms with E-state index in [-0.39, 0.29) is 5.97 Å². The molecule has 4 nitrogen and oxygen atoms in total. The van der Waals surface area contributed by atoms with Gasteiger partial charge in [-0.25, -0.2) is 4.79 Å². The maximum atomic E-state index is 11.9. The summed E-state index contributed by atoms with van der Waals surface area (Å²) in [6, 6.07) is 7.90. The molecule has 0 amide bonds. The van der Waals surface area contributed by atoms with Crippen LogP contribution in [0.1, 0.15) is 12.5 Å². The van der Waals surface area contributed by atoms with Gasteiger partial charge in [0.2, 0.25) is 0 Å². The minimum absolute atomic E-state index is 0.243. The van der Waals surface area contributed by atoms with Crippen LogP contribution in [0.15, 0.2) is 24.3 Å². The maximum absolute atomic E-state index is 11.9. The number of rotatable bonds is 4. The van der Waals surface area contributed by atoms with E-state index < -0.39 is 5.54 Å². The quantitative estimate of drug-likeness (QED) is 0.807. The van der Waals surface area contributed by atoms with E-state index in [0.29, 0.717) is 19.8 Å². The molecule has 0 aromatic heterocycles. The second-order valence-corrected chi connectivity index (χ2v) is 4.29. The third-order valence-electron chi connectivity index (χ3n) is 2.76. The normalized spacial score (nSPS) is 17.1. The molecule has 1 N–H and O–H groups in total. The molecule has 1 aliphatic rings. The number of anilines is 1. The molecule has 2 rings (SSSR count). The Bertz CT molecular complexity index is 413. The number of benzene rings is 1. The highest BCUT2D eigenvalue weighted by Gasteiger charge is 2.47. The Labute approximate surface area is 101 Å². The predicted octanol–water partition coefficient (Wildman–Crippen LogP) is 1.74. The van der Waals surface area contributed by atoms with E-state index in [1.165, 1.54) is 0 Å². The Morgan fingerprint density at radius 1 is 1.53 bits per heavy atom.